The molecule has 23 heavy (non-hydrogen) atoms. The molecule has 0 spiro atoms. The number of nitrogens with zero attached hydrogens (tertiary/aromatic N) is 4. The molecule has 0 aliphatic carbocycles. The van der Waals surface area contributed by atoms with Crippen LogP contribution in [-0.2, 0) is 6.54 Å². The number of aliphatic hydroxyl groups is 1. The molecule has 7 heteroatoms. The van der Waals surface area contributed by atoms with E-state index in [1.165, 1.54) is 6.42 Å². The van der Waals surface area contributed by atoms with Gasteiger partial charge in [0.05, 0.1) is 11.4 Å². The molecule has 0 unspecified atom stereocenters. The maximum Gasteiger partial charge on any atom is 0.241 e. The maximum absolute atomic E-state index is 8.80. The van der Waals surface area contributed by atoms with Crippen molar-refractivity contribution in [2.24, 2.45) is 0 Å². The summed E-state index contributed by atoms with van der Waals surface area (Å²) in [6, 6.07) is 4.00. The fourth-order valence-electron chi connectivity index (χ4n) is 2.81. The summed E-state index contributed by atoms with van der Waals surface area (Å²) in [5.41, 5.74) is 0. The number of aliphatic hydroxyl groups excluding tert-OH is 1. The van der Waals surface area contributed by atoms with Gasteiger partial charge in [0, 0.05) is 32.8 Å². The van der Waals surface area contributed by atoms with Gasteiger partial charge in [-0.3, -0.25) is 4.90 Å². The van der Waals surface area contributed by atoms with Crippen molar-refractivity contribution in [2.45, 2.75) is 25.8 Å². The Morgan fingerprint density at radius 2 is 1.96 bits per heavy atom. The van der Waals surface area contributed by atoms with Crippen molar-refractivity contribution in [3.63, 3.8) is 0 Å². The van der Waals surface area contributed by atoms with Crippen molar-refractivity contribution in [1.82, 2.24) is 19.9 Å². The molecular formula is C16H24N4O2S. The molecule has 0 atom stereocenters. The van der Waals surface area contributed by atoms with Crippen LogP contribution >= 0.6 is 11.3 Å². The van der Waals surface area contributed by atoms with E-state index in [4.69, 9.17) is 9.63 Å². The monoisotopic (exact) mass is 336 g/mol. The summed E-state index contributed by atoms with van der Waals surface area (Å²) in [6.45, 7) is 6.43. The van der Waals surface area contributed by atoms with Gasteiger partial charge in [-0.15, -0.1) is 11.3 Å². The number of hydrogen-bond acceptors (Lipinski definition) is 7. The third-order valence-electron chi connectivity index (χ3n) is 4.17. The smallest absolute Gasteiger partial charge is 0.241 e. The van der Waals surface area contributed by atoms with Crippen LogP contribution in [0.5, 0.6) is 0 Å². The number of piperazine rings is 1. The third kappa shape index (κ3) is 4.84. The largest absolute Gasteiger partial charge is 0.396 e. The average Bonchev–Trinajstić information content (AvgIpc) is 3.24. The second-order valence-corrected chi connectivity index (χ2v) is 6.84. The number of unbranched alkanes of at least 4 members (excludes halogenated alkanes) is 2. The fourth-order valence-corrected chi connectivity index (χ4v) is 3.46. The van der Waals surface area contributed by atoms with Gasteiger partial charge in [0.15, 0.2) is 0 Å². The lowest BCUT2D eigenvalue weighted by atomic mass is 10.2. The van der Waals surface area contributed by atoms with E-state index in [-0.39, 0.29) is 0 Å². The van der Waals surface area contributed by atoms with Crippen LogP contribution in [0.1, 0.15) is 25.2 Å². The highest BCUT2D eigenvalue weighted by molar-refractivity contribution is 7.13. The quantitative estimate of drug-likeness (QED) is 0.745. The van der Waals surface area contributed by atoms with Gasteiger partial charge in [-0.2, -0.15) is 4.98 Å². The van der Waals surface area contributed by atoms with Crippen molar-refractivity contribution in [1.29, 1.82) is 0 Å². The first-order chi connectivity index (χ1) is 11.3. The summed E-state index contributed by atoms with van der Waals surface area (Å²) in [5, 5.41) is 14.9. The van der Waals surface area contributed by atoms with Crippen LogP contribution in [0.25, 0.3) is 10.7 Å². The molecular weight excluding hydrogens is 312 g/mol. The van der Waals surface area contributed by atoms with Crippen LogP contribution in [0.2, 0.25) is 0 Å². The third-order valence-corrected chi connectivity index (χ3v) is 5.03. The van der Waals surface area contributed by atoms with Gasteiger partial charge in [0.1, 0.15) is 0 Å². The minimum absolute atomic E-state index is 0.311. The predicted molar refractivity (Wildman–Crippen MR) is 90.3 cm³/mol. The van der Waals surface area contributed by atoms with Crippen molar-refractivity contribution in [3.05, 3.63) is 23.4 Å². The van der Waals surface area contributed by atoms with Crippen molar-refractivity contribution in [2.75, 3.05) is 39.3 Å². The summed E-state index contributed by atoms with van der Waals surface area (Å²) < 4.78 is 5.38. The molecule has 1 aliphatic heterocycles. The highest BCUT2D eigenvalue weighted by Gasteiger charge is 2.19. The van der Waals surface area contributed by atoms with Crippen LogP contribution in [0.4, 0.5) is 0 Å². The molecule has 6 nitrogen and oxygen atoms in total. The lowest BCUT2D eigenvalue weighted by molar-refractivity contribution is 0.115. The lowest BCUT2D eigenvalue weighted by Gasteiger charge is -2.33. The van der Waals surface area contributed by atoms with Crippen molar-refractivity contribution < 1.29 is 9.63 Å². The van der Waals surface area contributed by atoms with Gasteiger partial charge in [-0.25, -0.2) is 0 Å². The Labute approximate surface area is 140 Å². The molecule has 3 rings (SSSR count). The molecule has 1 fully saturated rings. The van der Waals surface area contributed by atoms with Gasteiger partial charge in [0.2, 0.25) is 11.7 Å². The summed E-state index contributed by atoms with van der Waals surface area (Å²) in [6.07, 6.45) is 3.21. The van der Waals surface area contributed by atoms with E-state index in [2.05, 4.69) is 19.9 Å². The average molecular weight is 336 g/mol. The lowest BCUT2D eigenvalue weighted by Crippen LogP contribution is -2.46. The van der Waals surface area contributed by atoms with Gasteiger partial charge < -0.3 is 14.5 Å². The number of thiophene rings is 1. The maximum atomic E-state index is 8.80. The Morgan fingerprint density at radius 1 is 1.13 bits per heavy atom. The zero-order chi connectivity index (χ0) is 15.9. The van der Waals surface area contributed by atoms with Crippen LogP contribution in [0.15, 0.2) is 22.0 Å². The molecule has 0 radical (unpaired) electrons. The Hall–Kier alpha value is -1.28. The second-order valence-electron chi connectivity index (χ2n) is 5.89. The molecule has 0 amide bonds. The first-order valence-electron chi connectivity index (χ1n) is 8.27. The van der Waals surface area contributed by atoms with E-state index in [1.54, 1.807) is 11.3 Å². The number of rotatable bonds is 8. The molecule has 0 bridgehead atoms. The highest BCUT2D eigenvalue weighted by atomic mass is 32.1. The minimum Gasteiger partial charge on any atom is -0.396 e. The van der Waals surface area contributed by atoms with Crippen LogP contribution in [0, 0.1) is 0 Å². The first kappa shape index (κ1) is 16.6. The number of hydrogen-bond donors (Lipinski definition) is 1. The summed E-state index contributed by atoms with van der Waals surface area (Å²) in [5.74, 6) is 1.39. The highest BCUT2D eigenvalue weighted by Crippen LogP contribution is 2.21. The zero-order valence-corrected chi connectivity index (χ0v) is 14.2. The van der Waals surface area contributed by atoms with Crippen LogP contribution < -0.4 is 0 Å². The van der Waals surface area contributed by atoms with E-state index in [9.17, 15) is 0 Å². The molecule has 1 N–H and O–H groups in total. The Morgan fingerprint density at radius 3 is 2.70 bits per heavy atom. The van der Waals surface area contributed by atoms with Crippen molar-refractivity contribution in [3.8, 4) is 10.7 Å². The zero-order valence-electron chi connectivity index (χ0n) is 13.4. The standard InChI is InChI=1S/C16H24N4O2S/c21-11-3-1-2-6-19-7-9-20(10-8-19)13-15-17-16(18-22-15)14-5-4-12-23-14/h4-5,12,21H,1-3,6-11,13H2. The Balaban J connectivity index is 1.41. The minimum atomic E-state index is 0.311. The Kier molecular flexibility index (Phi) is 6.15. The van der Waals surface area contributed by atoms with Crippen LogP contribution in [0.3, 0.4) is 0 Å². The Bertz CT molecular complexity index is 564. The molecule has 0 aromatic carbocycles. The summed E-state index contributed by atoms with van der Waals surface area (Å²) in [4.78, 5) is 10.4. The predicted octanol–water partition coefficient (Wildman–Crippen LogP) is 2.08. The topological polar surface area (TPSA) is 65.6 Å². The van der Waals surface area contributed by atoms with Crippen LogP contribution in [-0.4, -0.2) is 64.4 Å². The first-order valence-corrected chi connectivity index (χ1v) is 9.15. The molecule has 1 aliphatic rings. The van der Waals surface area contributed by atoms with Gasteiger partial charge in [-0.05, 0) is 37.3 Å². The SMILES string of the molecule is OCCCCCN1CCN(Cc2nc(-c3cccs3)no2)CC1. The number of aromatic nitrogens is 2. The van der Waals surface area contributed by atoms with Crippen molar-refractivity contribution >= 4 is 11.3 Å². The molecule has 2 aromatic heterocycles. The van der Waals surface area contributed by atoms with E-state index in [1.807, 2.05) is 17.5 Å². The van der Waals surface area contributed by atoms with E-state index < -0.39 is 0 Å². The molecule has 0 saturated carbocycles. The fraction of sp³-hybridized carbons (Fsp3) is 0.625. The normalized spacial score (nSPS) is 16.9. The van der Waals surface area contributed by atoms with E-state index in [0.29, 0.717) is 18.3 Å². The van der Waals surface area contributed by atoms with E-state index in [0.717, 1.165) is 57.0 Å². The molecule has 126 valence electrons. The molecule has 1 saturated heterocycles. The molecule has 3 heterocycles. The molecule has 2 aromatic rings. The second kappa shape index (κ2) is 8.54. The van der Waals surface area contributed by atoms with Gasteiger partial charge >= 0.3 is 0 Å². The van der Waals surface area contributed by atoms with Gasteiger partial charge in [0.25, 0.3) is 0 Å². The van der Waals surface area contributed by atoms with E-state index >= 15 is 0 Å². The summed E-state index contributed by atoms with van der Waals surface area (Å²) >= 11 is 1.63. The summed E-state index contributed by atoms with van der Waals surface area (Å²) in [7, 11) is 0. The van der Waals surface area contributed by atoms with Gasteiger partial charge in [-0.1, -0.05) is 11.2 Å².